The van der Waals surface area contributed by atoms with E-state index in [0.29, 0.717) is 22.1 Å². The zero-order valence-electron chi connectivity index (χ0n) is 15.0. The third kappa shape index (κ3) is 3.69. The van der Waals surface area contributed by atoms with Crippen LogP contribution in [0.3, 0.4) is 0 Å². The summed E-state index contributed by atoms with van der Waals surface area (Å²) < 4.78 is 1.81. The zero-order valence-corrected chi connectivity index (χ0v) is 15.7. The highest BCUT2D eigenvalue weighted by Gasteiger charge is 2.25. The number of benzene rings is 1. The van der Waals surface area contributed by atoms with E-state index >= 15 is 0 Å². The zero-order chi connectivity index (χ0) is 19.7. The third-order valence-corrected chi connectivity index (χ3v) is 4.79. The van der Waals surface area contributed by atoms with Crippen LogP contribution in [0.25, 0.3) is 16.9 Å². The number of halogens is 1. The van der Waals surface area contributed by atoms with Crippen molar-refractivity contribution in [2.75, 3.05) is 11.9 Å². The molecule has 1 aromatic carbocycles. The van der Waals surface area contributed by atoms with Gasteiger partial charge in [-0.3, -0.25) is 14.0 Å². The first-order chi connectivity index (χ1) is 13.6. The highest BCUT2D eigenvalue weighted by Crippen LogP contribution is 2.28. The maximum atomic E-state index is 12.3. The van der Waals surface area contributed by atoms with E-state index in [1.54, 1.807) is 35.1 Å². The highest BCUT2D eigenvalue weighted by atomic mass is 35.5. The topological polar surface area (TPSA) is 114 Å². The van der Waals surface area contributed by atoms with Gasteiger partial charge in [0.25, 0.3) is 5.91 Å². The van der Waals surface area contributed by atoms with Crippen molar-refractivity contribution in [3.63, 3.8) is 0 Å². The summed E-state index contributed by atoms with van der Waals surface area (Å²) in [4.78, 5) is 32.7. The SMILES string of the molecule is NCCC(=O)Nc1nccn2c(-c3ccc(C(=O)NC4CC4)c(Cl)c3)cnc12. The van der Waals surface area contributed by atoms with Gasteiger partial charge in [-0.1, -0.05) is 17.7 Å². The highest BCUT2D eigenvalue weighted by molar-refractivity contribution is 6.34. The van der Waals surface area contributed by atoms with Crippen LogP contribution in [0.2, 0.25) is 5.02 Å². The summed E-state index contributed by atoms with van der Waals surface area (Å²) in [6.07, 6.45) is 7.23. The lowest BCUT2D eigenvalue weighted by atomic mass is 10.1. The van der Waals surface area contributed by atoms with Gasteiger partial charge in [0.15, 0.2) is 11.5 Å². The first-order valence-corrected chi connectivity index (χ1v) is 9.37. The molecule has 2 heterocycles. The van der Waals surface area contributed by atoms with Crippen LogP contribution in [0, 0.1) is 0 Å². The quantitative estimate of drug-likeness (QED) is 0.589. The Morgan fingerprint density at radius 1 is 1.29 bits per heavy atom. The molecule has 0 radical (unpaired) electrons. The van der Waals surface area contributed by atoms with Crippen LogP contribution in [0.1, 0.15) is 29.6 Å². The summed E-state index contributed by atoms with van der Waals surface area (Å²) in [5.74, 6) is -0.0215. The molecule has 0 saturated heterocycles. The number of rotatable bonds is 6. The number of nitrogens with zero attached hydrogens (tertiary/aromatic N) is 3. The minimum atomic E-state index is -0.221. The van der Waals surface area contributed by atoms with E-state index in [2.05, 4.69) is 20.6 Å². The van der Waals surface area contributed by atoms with Crippen molar-refractivity contribution in [1.82, 2.24) is 19.7 Å². The summed E-state index contributed by atoms with van der Waals surface area (Å²) in [5, 5.41) is 6.02. The molecule has 144 valence electrons. The second-order valence-electron chi connectivity index (χ2n) is 6.64. The van der Waals surface area contributed by atoms with Gasteiger partial charge < -0.3 is 16.4 Å². The standard InChI is InChI=1S/C19H19ClN6O2/c20-14-9-11(1-4-13(14)19(28)24-12-2-3-12)15-10-23-18-17(22-7-8-26(15)18)25-16(27)5-6-21/h1,4,7-10,12H,2-3,5-6,21H2,(H,24,28)(H,22,25,27). The first-order valence-electron chi connectivity index (χ1n) is 8.99. The molecular formula is C19H19ClN6O2. The van der Waals surface area contributed by atoms with Crippen molar-refractivity contribution >= 4 is 34.9 Å². The molecule has 28 heavy (non-hydrogen) atoms. The Labute approximate surface area is 166 Å². The molecule has 9 heteroatoms. The van der Waals surface area contributed by atoms with Crippen LogP contribution >= 0.6 is 11.6 Å². The van der Waals surface area contributed by atoms with E-state index in [0.717, 1.165) is 24.1 Å². The molecule has 0 bridgehead atoms. The Balaban J connectivity index is 1.65. The monoisotopic (exact) mass is 398 g/mol. The fourth-order valence-electron chi connectivity index (χ4n) is 2.90. The van der Waals surface area contributed by atoms with Gasteiger partial charge in [-0.15, -0.1) is 0 Å². The normalized spacial score (nSPS) is 13.5. The maximum Gasteiger partial charge on any atom is 0.253 e. The van der Waals surface area contributed by atoms with Gasteiger partial charge in [0.2, 0.25) is 5.91 Å². The number of fused-ring (bicyclic) bond motifs is 1. The Hall–Kier alpha value is -2.97. The van der Waals surface area contributed by atoms with Crippen molar-refractivity contribution in [3.8, 4) is 11.3 Å². The summed E-state index contributed by atoms with van der Waals surface area (Å²) in [7, 11) is 0. The predicted molar refractivity (Wildman–Crippen MR) is 106 cm³/mol. The van der Waals surface area contributed by atoms with Gasteiger partial charge in [-0.05, 0) is 25.0 Å². The number of amides is 2. The van der Waals surface area contributed by atoms with Gasteiger partial charge in [-0.2, -0.15) is 0 Å². The summed E-state index contributed by atoms with van der Waals surface area (Å²) in [5.41, 5.74) is 7.93. The smallest absolute Gasteiger partial charge is 0.253 e. The molecule has 3 aromatic rings. The molecule has 1 aliphatic rings. The Bertz CT molecular complexity index is 1060. The molecule has 0 aliphatic heterocycles. The fraction of sp³-hybridized carbons (Fsp3) is 0.263. The Morgan fingerprint density at radius 2 is 2.11 bits per heavy atom. The van der Waals surface area contributed by atoms with E-state index < -0.39 is 0 Å². The molecule has 0 spiro atoms. The number of carbonyl (C=O) groups is 2. The van der Waals surface area contributed by atoms with Crippen molar-refractivity contribution in [1.29, 1.82) is 0 Å². The van der Waals surface area contributed by atoms with E-state index in [-0.39, 0.29) is 30.8 Å². The molecule has 4 N–H and O–H groups in total. The van der Waals surface area contributed by atoms with E-state index in [4.69, 9.17) is 17.3 Å². The lowest BCUT2D eigenvalue weighted by Crippen LogP contribution is -2.25. The number of imidazole rings is 1. The number of nitrogens with one attached hydrogen (secondary N) is 2. The van der Waals surface area contributed by atoms with E-state index in [1.165, 1.54) is 0 Å². The number of aromatic nitrogens is 3. The number of hydrogen-bond donors (Lipinski definition) is 3. The van der Waals surface area contributed by atoms with Crippen molar-refractivity contribution < 1.29 is 9.59 Å². The van der Waals surface area contributed by atoms with Crippen LogP contribution in [-0.2, 0) is 4.79 Å². The molecule has 1 aliphatic carbocycles. The third-order valence-electron chi connectivity index (χ3n) is 4.48. The minimum Gasteiger partial charge on any atom is -0.349 e. The molecular weight excluding hydrogens is 380 g/mol. The fourth-order valence-corrected chi connectivity index (χ4v) is 3.16. The molecule has 0 unspecified atom stereocenters. The molecule has 0 atom stereocenters. The van der Waals surface area contributed by atoms with Crippen LogP contribution in [0.5, 0.6) is 0 Å². The molecule has 1 fully saturated rings. The number of hydrogen-bond acceptors (Lipinski definition) is 5. The Kier molecular flexibility index (Phi) is 4.97. The van der Waals surface area contributed by atoms with Crippen molar-refractivity contribution in [2.24, 2.45) is 5.73 Å². The van der Waals surface area contributed by atoms with Gasteiger partial charge in [0, 0.05) is 37.0 Å². The van der Waals surface area contributed by atoms with Crippen LogP contribution in [0.15, 0.2) is 36.8 Å². The first kappa shape index (κ1) is 18.4. The minimum absolute atomic E-state index is 0.161. The van der Waals surface area contributed by atoms with Crippen molar-refractivity contribution in [3.05, 3.63) is 47.4 Å². The summed E-state index contributed by atoms with van der Waals surface area (Å²) in [6.45, 7) is 0.258. The molecule has 2 aromatic heterocycles. The summed E-state index contributed by atoms with van der Waals surface area (Å²) >= 11 is 6.36. The predicted octanol–water partition coefficient (Wildman–Crippen LogP) is 2.23. The van der Waals surface area contributed by atoms with Gasteiger partial charge in [0.1, 0.15) is 0 Å². The van der Waals surface area contributed by atoms with E-state index in [9.17, 15) is 9.59 Å². The van der Waals surface area contributed by atoms with Gasteiger partial charge in [0.05, 0.1) is 22.5 Å². The Morgan fingerprint density at radius 3 is 2.82 bits per heavy atom. The van der Waals surface area contributed by atoms with Gasteiger partial charge >= 0.3 is 0 Å². The lowest BCUT2D eigenvalue weighted by Gasteiger charge is -2.09. The van der Waals surface area contributed by atoms with E-state index in [1.807, 2.05) is 6.07 Å². The van der Waals surface area contributed by atoms with Crippen molar-refractivity contribution in [2.45, 2.75) is 25.3 Å². The average molecular weight is 399 g/mol. The second-order valence-corrected chi connectivity index (χ2v) is 7.05. The van der Waals surface area contributed by atoms with Crippen LogP contribution in [0.4, 0.5) is 5.82 Å². The molecule has 4 rings (SSSR count). The molecule has 8 nitrogen and oxygen atoms in total. The van der Waals surface area contributed by atoms with Crippen LogP contribution in [-0.4, -0.2) is 38.8 Å². The van der Waals surface area contributed by atoms with Gasteiger partial charge in [-0.25, -0.2) is 9.97 Å². The van der Waals surface area contributed by atoms with Crippen LogP contribution < -0.4 is 16.4 Å². The average Bonchev–Trinajstić information content (AvgIpc) is 3.37. The largest absolute Gasteiger partial charge is 0.349 e. The molecule has 2 amide bonds. The molecule has 1 saturated carbocycles. The number of anilines is 1. The number of nitrogens with two attached hydrogens (primary N) is 1. The lowest BCUT2D eigenvalue weighted by molar-refractivity contribution is -0.116. The second kappa shape index (κ2) is 7.57. The summed E-state index contributed by atoms with van der Waals surface area (Å²) in [6, 6.07) is 5.53. The number of carbonyl (C=O) groups excluding carboxylic acids is 2. The maximum absolute atomic E-state index is 12.3.